The second-order valence-corrected chi connectivity index (χ2v) is 3.39. The van der Waals surface area contributed by atoms with Crippen LogP contribution in [0.3, 0.4) is 0 Å². The van der Waals surface area contributed by atoms with E-state index >= 15 is 0 Å². The number of carbonyl (C=O) groups excluding carboxylic acids is 2. The highest BCUT2D eigenvalue weighted by molar-refractivity contribution is 5.98. The molecule has 1 aromatic rings. The Morgan fingerprint density at radius 2 is 2.00 bits per heavy atom. The van der Waals surface area contributed by atoms with Crippen molar-refractivity contribution in [3.63, 3.8) is 0 Å². The molecule has 1 aromatic carbocycles. The highest BCUT2D eigenvalue weighted by Gasteiger charge is 2.09. The molecule has 0 heterocycles. The fourth-order valence-electron chi connectivity index (χ4n) is 1.24. The zero-order chi connectivity index (χ0) is 12.1. The Balaban J connectivity index is 2.80. The zero-order valence-electron chi connectivity index (χ0n) is 9.57. The molecule has 4 nitrogen and oxygen atoms in total. The second kappa shape index (κ2) is 5.30. The van der Waals surface area contributed by atoms with Crippen LogP contribution in [0, 0.1) is 6.92 Å². The van der Waals surface area contributed by atoms with Gasteiger partial charge in [0.25, 0.3) is 0 Å². The molecule has 0 aliphatic heterocycles. The summed E-state index contributed by atoms with van der Waals surface area (Å²) in [6.45, 7) is 2.92. The van der Waals surface area contributed by atoms with Gasteiger partial charge in [0.1, 0.15) is 5.75 Å². The van der Waals surface area contributed by atoms with Gasteiger partial charge in [-0.05, 0) is 18.6 Å². The Hall–Kier alpha value is -1.84. The lowest BCUT2D eigenvalue weighted by atomic mass is 10.1. The SMILES string of the molecule is COc1cc(C(=O)COC(C)=O)ccc1C. The summed E-state index contributed by atoms with van der Waals surface area (Å²) in [5.41, 5.74) is 1.43. The van der Waals surface area contributed by atoms with Crippen molar-refractivity contribution in [1.29, 1.82) is 0 Å². The van der Waals surface area contributed by atoms with Crippen molar-refractivity contribution in [3.05, 3.63) is 29.3 Å². The molecule has 0 bridgehead atoms. The van der Waals surface area contributed by atoms with Gasteiger partial charge >= 0.3 is 5.97 Å². The van der Waals surface area contributed by atoms with Crippen molar-refractivity contribution in [2.75, 3.05) is 13.7 Å². The standard InChI is InChI=1S/C12H14O4/c1-8-4-5-10(6-12(8)15-3)11(14)7-16-9(2)13/h4-6H,7H2,1-3H3. The lowest BCUT2D eigenvalue weighted by molar-refractivity contribution is -0.139. The van der Waals surface area contributed by atoms with Crippen LogP contribution >= 0.6 is 0 Å². The molecule has 0 aliphatic rings. The number of carbonyl (C=O) groups is 2. The van der Waals surface area contributed by atoms with Crippen molar-refractivity contribution in [1.82, 2.24) is 0 Å². The van der Waals surface area contributed by atoms with Gasteiger partial charge in [-0.2, -0.15) is 0 Å². The van der Waals surface area contributed by atoms with Gasteiger partial charge in [-0.1, -0.05) is 12.1 Å². The number of esters is 1. The minimum atomic E-state index is -0.465. The van der Waals surface area contributed by atoms with E-state index in [1.807, 2.05) is 6.92 Å². The summed E-state index contributed by atoms with van der Waals surface area (Å²) < 4.78 is 9.73. The highest BCUT2D eigenvalue weighted by atomic mass is 16.5. The first-order valence-corrected chi connectivity index (χ1v) is 4.86. The maximum atomic E-state index is 11.6. The smallest absolute Gasteiger partial charge is 0.303 e. The van der Waals surface area contributed by atoms with Gasteiger partial charge < -0.3 is 9.47 Å². The lowest BCUT2D eigenvalue weighted by Gasteiger charge is -2.07. The van der Waals surface area contributed by atoms with Gasteiger partial charge in [0.2, 0.25) is 0 Å². The molecule has 0 spiro atoms. The first-order valence-electron chi connectivity index (χ1n) is 4.86. The average molecular weight is 222 g/mol. The molecule has 1 rings (SSSR count). The van der Waals surface area contributed by atoms with Crippen LogP contribution in [0.2, 0.25) is 0 Å². The molecule has 0 unspecified atom stereocenters. The number of hydrogen-bond acceptors (Lipinski definition) is 4. The number of methoxy groups -OCH3 is 1. The zero-order valence-corrected chi connectivity index (χ0v) is 9.57. The van der Waals surface area contributed by atoms with Gasteiger partial charge in [-0.3, -0.25) is 9.59 Å². The van der Waals surface area contributed by atoms with Crippen molar-refractivity contribution in [2.45, 2.75) is 13.8 Å². The highest BCUT2D eigenvalue weighted by Crippen LogP contribution is 2.19. The maximum absolute atomic E-state index is 11.6. The van der Waals surface area contributed by atoms with E-state index in [-0.39, 0.29) is 12.4 Å². The number of ketones is 1. The van der Waals surface area contributed by atoms with Crippen molar-refractivity contribution in [3.8, 4) is 5.75 Å². The Morgan fingerprint density at radius 3 is 2.56 bits per heavy atom. The monoisotopic (exact) mass is 222 g/mol. The number of ether oxygens (including phenoxy) is 2. The summed E-state index contributed by atoms with van der Waals surface area (Å²) in [6.07, 6.45) is 0. The summed E-state index contributed by atoms with van der Waals surface area (Å²) in [4.78, 5) is 22.2. The number of rotatable bonds is 4. The fraction of sp³-hybridized carbons (Fsp3) is 0.333. The topological polar surface area (TPSA) is 52.6 Å². The van der Waals surface area contributed by atoms with Gasteiger partial charge in [-0.25, -0.2) is 0 Å². The van der Waals surface area contributed by atoms with Gasteiger partial charge in [0, 0.05) is 12.5 Å². The van der Waals surface area contributed by atoms with Crippen LogP contribution in [0.15, 0.2) is 18.2 Å². The molecule has 0 radical (unpaired) electrons. The molecule has 86 valence electrons. The van der Waals surface area contributed by atoms with E-state index in [4.69, 9.17) is 4.74 Å². The maximum Gasteiger partial charge on any atom is 0.303 e. The van der Waals surface area contributed by atoms with Crippen molar-refractivity contribution in [2.24, 2.45) is 0 Å². The lowest BCUT2D eigenvalue weighted by Crippen LogP contribution is -2.12. The summed E-state index contributed by atoms with van der Waals surface area (Å²) in [5, 5.41) is 0. The first kappa shape index (κ1) is 12.2. The third-order valence-corrected chi connectivity index (χ3v) is 2.14. The second-order valence-electron chi connectivity index (χ2n) is 3.39. The van der Waals surface area contributed by atoms with E-state index in [1.54, 1.807) is 25.3 Å². The molecule has 0 amide bonds. The summed E-state index contributed by atoms with van der Waals surface area (Å²) in [5.74, 6) is -0.0606. The fourth-order valence-corrected chi connectivity index (χ4v) is 1.24. The van der Waals surface area contributed by atoms with Crippen molar-refractivity contribution < 1.29 is 19.1 Å². The molecule has 0 atom stereocenters. The quantitative estimate of drug-likeness (QED) is 0.575. The molecule has 0 aromatic heterocycles. The number of aryl methyl sites for hydroxylation is 1. The van der Waals surface area contributed by atoms with Crippen molar-refractivity contribution >= 4 is 11.8 Å². The molecule has 4 heteroatoms. The van der Waals surface area contributed by atoms with Crippen LogP contribution in [0.4, 0.5) is 0 Å². The molecule has 0 aliphatic carbocycles. The van der Waals surface area contributed by atoms with E-state index < -0.39 is 5.97 Å². The number of Topliss-reactive ketones (excluding diaryl/α,β-unsaturated/α-hetero) is 1. The van der Waals surface area contributed by atoms with Gasteiger partial charge in [0.05, 0.1) is 7.11 Å². The van der Waals surface area contributed by atoms with Crippen LogP contribution < -0.4 is 4.74 Å². The molecule has 0 fully saturated rings. The Kier molecular flexibility index (Phi) is 4.05. The normalized spacial score (nSPS) is 9.69. The number of benzene rings is 1. The predicted molar refractivity (Wildman–Crippen MR) is 58.7 cm³/mol. The third kappa shape index (κ3) is 3.08. The van der Waals surface area contributed by atoms with E-state index in [0.717, 1.165) is 5.56 Å². The van der Waals surface area contributed by atoms with E-state index in [1.165, 1.54) is 6.92 Å². The largest absolute Gasteiger partial charge is 0.496 e. The van der Waals surface area contributed by atoms with E-state index in [2.05, 4.69) is 4.74 Å². The van der Waals surface area contributed by atoms with Crippen LogP contribution in [-0.2, 0) is 9.53 Å². The Bertz CT molecular complexity index is 409. The molecule has 0 saturated carbocycles. The molecular weight excluding hydrogens is 208 g/mol. The van der Waals surface area contributed by atoms with E-state index in [0.29, 0.717) is 11.3 Å². The molecule has 0 saturated heterocycles. The van der Waals surface area contributed by atoms with Crippen LogP contribution in [0.1, 0.15) is 22.8 Å². The van der Waals surface area contributed by atoms with Crippen LogP contribution in [0.25, 0.3) is 0 Å². The first-order chi connectivity index (χ1) is 7.54. The number of hydrogen-bond donors (Lipinski definition) is 0. The predicted octanol–water partition coefficient (Wildman–Crippen LogP) is 1.75. The third-order valence-electron chi connectivity index (χ3n) is 2.14. The summed E-state index contributed by atoms with van der Waals surface area (Å²) in [6, 6.07) is 5.12. The Labute approximate surface area is 94.2 Å². The molecule has 16 heavy (non-hydrogen) atoms. The van der Waals surface area contributed by atoms with Gasteiger partial charge in [0.15, 0.2) is 12.4 Å². The van der Waals surface area contributed by atoms with Gasteiger partial charge in [-0.15, -0.1) is 0 Å². The molecular formula is C12H14O4. The van der Waals surface area contributed by atoms with Crippen LogP contribution in [0.5, 0.6) is 5.75 Å². The van der Waals surface area contributed by atoms with Crippen LogP contribution in [-0.4, -0.2) is 25.5 Å². The Morgan fingerprint density at radius 1 is 1.31 bits per heavy atom. The summed E-state index contributed by atoms with van der Waals surface area (Å²) in [7, 11) is 1.54. The average Bonchev–Trinajstić information content (AvgIpc) is 2.26. The molecule has 0 N–H and O–H groups in total. The van der Waals surface area contributed by atoms with E-state index in [9.17, 15) is 9.59 Å². The minimum absolute atomic E-state index is 0.235. The minimum Gasteiger partial charge on any atom is -0.496 e. The summed E-state index contributed by atoms with van der Waals surface area (Å²) >= 11 is 0.